The smallest absolute Gasteiger partial charge is 0.307 e. The molecule has 1 rings (SSSR count). The van der Waals surface area contributed by atoms with Crippen LogP contribution in [0.2, 0.25) is 0 Å². The summed E-state index contributed by atoms with van der Waals surface area (Å²) in [4.78, 5) is 22.2. The zero-order chi connectivity index (χ0) is 12.0. The van der Waals surface area contributed by atoms with Gasteiger partial charge in [-0.05, 0) is 12.0 Å². The maximum atomic E-state index is 11.2. The van der Waals surface area contributed by atoms with Gasteiger partial charge in [-0.1, -0.05) is 30.3 Å². The number of Topliss-reactive ketones (excluding diaryl/α,β-unsaturated/α-hetero) is 1. The summed E-state index contributed by atoms with van der Waals surface area (Å²) < 4.78 is 0. The van der Waals surface area contributed by atoms with E-state index in [1.807, 2.05) is 30.3 Å². The van der Waals surface area contributed by atoms with E-state index in [1.165, 1.54) is 0 Å². The van der Waals surface area contributed by atoms with Crippen LogP contribution in [-0.2, 0) is 16.0 Å². The van der Waals surface area contributed by atoms with Crippen molar-refractivity contribution in [3.05, 3.63) is 35.9 Å². The highest BCUT2D eigenvalue weighted by molar-refractivity contribution is 7.81. The van der Waals surface area contributed by atoms with E-state index in [0.29, 0.717) is 6.42 Å². The van der Waals surface area contributed by atoms with E-state index >= 15 is 0 Å². The second-order valence-electron chi connectivity index (χ2n) is 3.63. The minimum absolute atomic E-state index is 0.0493. The van der Waals surface area contributed by atoms with Crippen molar-refractivity contribution in [2.45, 2.75) is 12.8 Å². The van der Waals surface area contributed by atoms with Crippen molar-refractivity contribution in [1.82, 2.24) is 0 Å². The topological polar surface area (TPSA) is 54.4 Å². The number of carboxylic acid groups (broad SMARTS) is 1. The quantitative estimate of drug-likeness (QED) is 0.743. The number of rotatable bonds is 6. The van der Waals surface area contributed by atoms with E-state index in [-0.39, 0.29) is 18.0 Å². The van der Waals surface area contributed by atoms with Gasteiger partial charge in [-0.3, -0.25) is 9.59 Å². The summed E-state index contributed by atoms with van der Waals surface area (Å²) in [5, 5.41) is 9.00. The van der Waals surface area contributed by atoms with Gasteiger partial charge < -0.3 is 5.11 Å². The first-order valence-electron chi connectivity index (χ1n) is 5.02. The van der Waals surface area contributed by atoms with Gasteiger partial charge in [-0.25, -0.2) is 0 Å². The molecule has 1 atom stereocenters. The Morgan fingerprint density at radius 3 is 2.38 bits per heavy atom. The number of carboxylic acids is 1. The molecular weight excluding hydrogens is 224 g/mol. The number of carbonyl (C=O) groups is 2. The molecule has 0 aliphatic rings. The van der Waals surface area contributed by atoms with Gasteiger partial charge in [0.2, 0.25) is 0 Å². The average molecular weight is 238 g/mol. The van der Waals surface area contributed by atoms with Crippen LogP contribution in [0.3, 0.4) is 0 Å². The zero-order valence-electron chi connectivity index (χ0n) is 8.80. The van der Waals surface area contributed by atoms with Crippen molar-refractivity contribution >= 4 is 24.4 Å². The molecule has 0 unspecified atom stereocenters. The first-order valence-corrected chi connectivity index (χ1v) is 5.66. The van der Waals surface area contributed by atoms with Gasteiger partial charge in [-0.15, -0.1) is 0 Å². The normalized spacial score (nSPS) is 12.1. The number of ketones is 1. The largest absolute Gasteiger partial charge is 0.481 e. The number of hydrogen-bond donors (Lipinski definition) is 2. The Labute approximate surface area is 99.9 Å². The van der Waals surface area contributed by atoms with Crippen molar-refractivity contribution in [3.63, 3.8) is 0 Å². The summed E-state index contributed by atoms with van der Waals surface area (Å²) in [6.07, 6.45) is 0.434. The monoisotopic (exact) mass is 238 g/mol. The second kappa shape index (κ2) is 6.33. The molecule has 0 bridgehead atoms. The summed E-state index contributed by atoms with van der Waals surface area (Å²) in [6.45, 7) is 0. The molecular formula is C12H14O3S. The van der Waals surface area contributed by atoms with Crippen LogP contribution in [0, 0.1) is 5.92 Å². The van der Waals surface area contributed by atoms with Crippen LogP contribution < -0.4 is 0 Å². The first-order chi connectivity index (χ1) is 7.63. The number of thiol groups is 1. The van der Waals surface area contributed by atoms with E-state index in [2.05, 4.69) is 12.6 Å². The number of benzene rings is 1. The predicted octanol–water partition coefficient (Wildman–Crippen LogP) is 1.82. The van der Waals surface area contributed by atoms with E-state index < -0.39 is 11.9 Å². The molecule has 0 radical (unpaired) electrons. The molecule has 0 aliphatic carbocycles. The molecule has 0 aromatic heterocycles. The predicted molar refractivity (Wildman–Crippen MR) is 64.7 cm³/mol. The molecule has 0 spiro atoms. The molecule has 0 saturated heterocycles. The van der Waals surface area contributed by atoms with Crippen molar-refractivity contribution < 1.29 is 14.7 Å². The molecule has 1 aromatic carbocycles. The highest BCUT2D eigenvalue weighted by Crippen LogP contribution is 2.13. The summed E-state index contributed by atoms with van der Waals surface area (Å²) in [5.41, 5.74) is 0.932. The molecule has 0 amide bonds. The maximum Gasteiger partial charge on any atom is 0.307 e. The molecule has 1 aromatic rings. The van der Waals surface area contributed by atoms with Crippen LogP contribution in [0.4, 0.5) is 0 Å². The number of hydrogen-bond acceptors (Lipinski definition) is 3. The van der Waals surface area contributed by atoms with Crippen LogP contribution >= 0.6 is 12.6 Å². The zero-order valence-corrected chi connectivity index (χ0v) is 9.69. The lowest BCUT2D eigenvalue weighted by molar-refractivity contribution is -0.143. The average Bonchev–Trinajstić information content (AvgIpc) is 2.29. The maximum absolute atomic E-state index is 11.2. The SMILES string of the molecule is O=C(CS)C[C@H](Cc1ccccc1)C(=O)O. The van der Waals surface area contributed by atoms with Crippen LogP contribution in [0.5, 0.6) is 0 Å². The number of carbonyl (C=O) groups excluding carboxylic acids is 1. The summed E-state index contributed by atoms with van der Waals surface area (Å²) >= 11 is 3.84. The Morgan fingerprint density at radius 2 is 1.88 bits per heavy atom. The van der Waals surface area contributed by atoms with E-state index in [9.17, 15) is 9.59 Å². The Kier molecular flexibility index (Phi) is 5.05. The molecule has 0 fully saturated rings. The fourth-order valence-electron chi connectivity index (χ4n) is 1.48. The van der Waals surface area contributed by atoms with Gasteiger partial charge in [-0.2, -0.15) is 12.6 Å². The lowest BCUT2D eigenvalue weighted by Crippen LogP contribution is -2.20. The second-order valence-corrected chi connectivity index (χ2v) is 3.94. The van der Waals surface area contributed by atoms with E-state index in [1.54, 1.807) is 0 Å². The molecule has 16 heavy (non-hydrogen) atoms. The molecule has 0 saturated carbocycles. The van der Waals surface area contributed by atoms with Gasteiger partial charge in [0, 0.05) is 12.2 Å². The van der Waals surface area contributed by atoms with Crippen molar-refractivity contribution in [2.24, 2.45) is 5.92 Å². The third-order valence-corrected chi connectivity index (χ3v) is 2.68. The number of aliphatic carboxylic acids is 1. The standard InChI is InChI=1S/C12H14O3S/c13-11(8-16)7-10(12(14)15)6-9-4-2-1-3-5-9/h1-5,10,16H,6-8H2,(H,14,15)/t10-/m0/s1. The molecule has 4 heteroatoms. The molecule has 0 heterocycles. The highest BCUT2D eigenvalue weighted by atomic mass is 32.1. The summed E-state index contributed by atoms with van der Waals surface area (Å²) in [5.74, 6) is -1.62. The van der Waals surface area contributed by atoms with Crippen LogP contribution in [0.15, 0.2) is 30.3 Å². The first kappa shape index (κ1) is 12.8. The van der Waals surface area contributed by atoms with E-state index in [4.69, 9.17) is 5.11 Å². The summed E-state index contributed by atoms with van der Waals surface area (Å²) in [6, 6.07) is 9.31. The minimum atomic E-state index is -0.931. The Bertz CT molecular complexity index is 362. The van der Waals surface area contributed by atoms with Crippen LogP contribution in [0.25, 0.3) is 0 Å². The van der Waals surface area contributed by atoms with Gasteiger partial charge >= 0.3 is 5.97 Å². The Balaban J connectivity index is 2.65. The van der Waals surface area contributed by atoms with Gasteiger partial charge in [0.05, 0.1) is 5.92 Å². The van der Waals surface area contributed by atoms with Crippen LogP contribution in [-0.4, -0.2) is 22.6 Å². The van der Waals surface area contributed by atoms with Crippen LogP contribution in [0.1, 0.15) is 12.0 Å². The fraction of sp³-hybridized carbons (Fsp3) is 0.333. The minimum Gasteiger partial charge on any atom is -0.481 e. The molecule has 1 N–H and O–H groups in total. The lowest BCUT2D eigenvalue weighted by Gasteiger charge is -2.10. The van der Waals surface area contributed by atoms with Crippen molar-refractivity contribution in [3.8, 4) is 0 Å². The lowest BCUT2D eigenvalue weighted by atomic mass is 9.95. The van der Waals surface area contributed by atoms with Crippen molar-refractivity contribution in [1.29, 1.82) is 0 Å². The Morgan fingerprint density at radius 1 is 1.25 bits per heavy atom. The highest BCUT2D eigenvalue weighted by Gasteiger charge is 2.20. The molecule has 3 nitrogen and oxygen atoms in total. The fourth-order valence-corrected chi connectivity index (χ4v) is 1.61. The van der Waals surface area contributed by atoms with E-state index in [0.717, 1.165) is 5.56 Å². The Hall–Kier alpha value is -1.29. The molecule has 86 valence electrons. The third-order valence-electron chi connectivity index (χ3n) is 2.32. The van der Waals surface area contributed by atoms with Gasteiger partial charge in [0.25, 0.3) is 0 Å². The van der Waals surface area contributed by atoms with Gasteiger partial charge in [0.1, 0.15) is 5.78 Å². The van der Waals surface area contributed by atoms with Gasteiger partial charge in [0.15, 0.2) is 0 Å². The summed E-state index contributed by atoms with van der Waals surface area (Å²) in [7, 11) is 0. The third kappa shape index (κ3) is 4.06. The van der Waals surface area contributed by atoms with Crippen molar-refractivity contribution in [2.75, 3.05) is 5.75 Å². The molecule has 0 aliphatic heterocycles.